The van der Waals surface area contributed by atoms with Gasteiger partial charge < -0.3 is 15.4 Å². The zero-order valence-electron chi connectivity index (χ0n) is 14.5. The average molecular weight is 387 g/mol. The van der Waals surface area contributed by atoms with Crippen molar-refractivity contribution in [2.45, 2.75) is 19.8 Å². The van der Waals surface area contributed by atoms with E-state index in [1.807, 2.05) is 13.0 Å². The molecule has 0 saturated carbocycles. The Bertz CT molecular complexity index is 738. The highest BCUT2D eigenvalue weighted by atomic mass is 35.5. The molecule has 0 radical (unpaired) electrons. The van der Waals surface area contributed by atoms with Crippen LogP contribution in [0.1, 0.15) is 28.1 Å². The highest BCUT2D eigenvalue weighted by Gasteiger charge is 2.33. The maximum Gasteiger partial charge on any atom is 0.261 e. The van der Waals surface area contributed by atoms with Crippen molar-refractivity contribution in [2.24, 2.45) is 5.41 Å². The predicted octanol–water partition coefficient (Wildman–Crippen LogP) is 3.52. The summed E-state index contributed by atoms with van der Waals surface area (Å²) in [5.41, 5.74) is 0.697. The van der Waals surface area contributed by atoms with E-state index in [-0.39, 0.29) is 29.5 Å². The van der Waals surface area contributed by atoms with E-state index in [2.05, 4.69) is 10.6 Å². The molecule has 0 spiro atoms. The van der Waals surface area contributed by atoms with Gasteiger partial charge >= 0.3 is 0 Å². The SMILES string of the molecule is COCC1(CNC(=O)c2sc3cccc(F)c3c2C)CCNCC1.Cl. The largest absolute Gasteiger partial charge is 0.384 e. The van der Waals surface area contributed by atoms with Crippen molar-refractivity contribution in [3.05, 3.63) is 34.5 Å². The van der Waals surface area contributed by atoms with E-state index < -0.39 is 0 Å². The maximum atomic E-state index is 14.0. The Balaban J connectivity index is 0.00000225. The van der Waals surface area contributed by atoms with Gasteiger partial charge in [0.25, 0.3) is 5.91 Å². The number of fused-ring (bicyclic) bond motifs is 1. The van der Waals surface area contributed by atoms with Crippen LogP contribution in [-0.4, -0.2) is 39.3 Å². The fraction of sp³-hybridized carbons (Fsp3) is 0.500. The molecule has 2 aromatic rings. The predicted molar refractivity (Wildman–Crippen MR) is 103 cm³/mol. The van der Waals surface area contributed by atoms with Crippen molar-refractivity contribution in [3.8, 4) is 0 Å². The van der Waals surface area contributed by atoms with E-state index in [4.69, 9.17) is 4.74 Å². The lowest BCUT2D eigenvalue weighted by molar-refractivity contribution is 0.0512. The van der Waals surface area contributed by atoms with Crippen LogP contribution in [0.4, 0.5) is 4.39 Å². The average Bonchev–Trinajstić information content (AvgIpc) is 2.92. The van der Waals surface area contributed by atoms with Crippen LogP contribution in [0.5, 0.6) is 0 Å². The van der Waals surface area contributed by atoms with Gasteiger partial charge in [0, 0.05) is 29.2 Å². The first-order chi connectivity index (χ1) is 11.6. The van der Waals surface area contributed by atoms with Gasteiger partial charge in [0.2, 0.25) is 0 Å². The number of thiophene rings is 1. The van der Waals surface area contributed by atoms with Crippen molar-refractivity contribution in [1.29, 1.82) is 0 Å². The molecule has 7 heteroatoms. The summed E-state index contributed by atoms with van der Waals surface area (Å²) in [5, 5.41) is 6.96. The quantitative estimate of drug-likeness (QED) is 0.826. The Morgan fingerprint density at radius 1 is 1.40 bits per heavy atom. The van der Waals surface area contributed by atoms with Gasteiger partial charge in [0.1, 0.15) is 5.82 Å². The summed E-state index contributed by atoms with van der Waals surface area (Å²) in [6.07, 6.45) is 1.95. The summed E-state index contributed by atoms with van der Waals surface area (Å²) in [6, 6.07) is 4.97. The van der Waals surface area contributed by atoms with Crippen molar-refractivity contribution >= 4 is 39.7 Å². The summed E-state index contributed by atoms with van der Waals surface area (Å²) in [5.74, 6) is -0.392. The number of halogens is 2. The zero-order valence-corrected chi connectivity index (χ0v) is 16.1. The molecule has 0 unspecified atom stereocenters. The molecule has 1 aliphatic heterocycles. The van der Waals surface area contributed by atoms with Crippen LogP contribution in [0.2, 0.25) is 0 Å². The number of rotatable bonds is 5. The van der Waals surface area contributed by atoms with Crippen LogP contribution >= 0.6 is 23.7 Å². The molecule has 1 amide bonds. The van der Waals surface area contributed by atoms with E-state index in [1.54, 1.807) is 13.2 Å². The Kier molecular flexibility index (Phi) is 6.79. The fourth-order valence-electron chi connectivity index (χ4n) is 3.45. The number of amides is 1. The minimum Gasteiger partial charge on any atom is -0.384 e. The Hall–Kier alpha value is -1.21. The van der Waals surface area contributed by atoms with Crippen molar-refractivity contribution < 1.29 is 13.9 Å². The third-order valence-electron chi connectivity index (χ3n) is 4.85. The van der Waals surface area contributed by atoms with Crippen LogP contribution < -0.4 is 10.6 Å². The summed E-state index contributed by atoms with van der Waals surface area (Å²) >= 11 is 1.35. The number of carbonyl (C=O) groups excluding carboxylic acids is 1. The molecule has 3 rings (SSSR count). The van der Waals surface area contributed by atoms with Gasteiger partial charge in [-0.2, -0.15) is 0 Å². The number of ether oxygens (including phenoxy) is 1. The van der Waals surface area contributed by atoms with Gasteiger partial charge in [0.05, 0.1) is 11.5 Å². The number of benzene rings is 1. The van der Waals surface area contributed by atoms with Gasteiger partial charge in [-0.1, -0.05) is 6.07 Å². The fourth-order valence-corrected chi connectivity index (χ4v) is 4.59. The monoisotopic (exact) mass is 386 g/mol. The van der Waals surface area contributed by atoms with Crippen LogP contribution in [0.15, 0.2) is 18.2 Å². The Morgan fingerprint density at radius 3 is 2.76 bits per heavy atom. The van der Waals surface area contributed by atoms with Crippen LogP contribution in [0, 0.1) is 18.2 Å². The van der Waals surface area contributed by atoms with Gasteiger partial charge in [0.15, 0.2) is 0 Å². The number of aryl methyl sites for hydroxylation is 1. The lowest BCUT2D eigenvalue weighted by Gasteiger charge is -2.37. The summed E-state index contributed by atoms with van der Waals surface area (Å²) < 4.78 is 20.2. The molecule has 2 heterocycles. The van der Waals surface area contributed by atoms with Crippen molar-refractivity contribution in [1.82, 2.24) is 10.6 Å². The molecule has 1 aromatic carbocycles. The Labute approximate surface area is 157 Å². The third-order valence-corrected chi connectivity index (χ3v) is 6.10. The molecule has 0 aliphatic carbocycles. The normalized spacial score (nSPS) is 16.4. The van der Waals surface area contributed by atoms with Crippen LogP contribution in [0.25, 0.3) is 10.1 Å². The van der Waals surface area contributed by atoms with Gasteiger partial charge in [-0.05, 0) is 50.6 Å². The van der Waals surface area contributed by atoms with E-state index >= 15 is 0 Å². The first-order valence-corrected chi connectivity index (χ1v) is 9.03. The summed E-state index contributed by atoms with van der Waals surface area (Å²) in [6.45, 7) is 4.90. The van der Waals surface area contributed by atoms with E-state index in [0.717, 1.165) is 36.2 Å². The highest BCUT2D eigenvalue weighted by molar-refractivity contribution is 7.21. The Morgan fingerprint density at radius 2 is 2.12 bits per heavy atom. The number of piperidine rings is 1. The second-order valence-corrected chi connectivity index (χ2v) is 7.59. The molecule has 1 saturated heterocycles. The molecule has 0 atom stereocenters. The number of hydrogen-bond donors (Lipinski definition) is 2. The van der Waals surface area contributed by atoms with Gasteiger partial charge in [-0.25, -0.2) is 4.39 Å². The maximum absolute atomic E-state index is 14.0. The molecule has 25 heavy (non-hydrogen) atoms. The smallest absolute Gasteiger partial charge is 0.261 e. The lowest BCUT2D eigenvalue weighted by atomic mass is 9.79. The first kappa shape index (κ1) is 20.1. The second kappa shape index (κ2) is 8.45. The number of carbonyl (C=O) groups is 1. The molecule has 1 fully saturated rings. The second-order valence-electron chi connectivity index (χ2n) is 6.53. The molecular formula is C18H24ClFN2O2S. The number of hydrogen-bond acceptors (Lipinski definition) is 4. The number of nitrogens with one attached hydrogen (secondary N) is 2. The molecule has 138 valence electrons. The minimum atomic E-state index is -0.269. The first-order valence-electron chi connectivity index (χ1n) is 8.22. The van der Waals surface area contributed by atoms with Crippen LogP contribution in [-0.2, 0) is 4.74 Å². The molecule has 2 N–H and O–H groups in total. The molecule has 1 aromatic heterocycles. The lowest BCUT2D eigenvalue weighted by Crippen LogP contribution is -2.47. The number of methoxy groups -OCH3 is 1. The molecule has 1 aliphatic rings. The molecule has 0 bridgehead atoms. The highest BCUT2D eigenvalue weighted by Crippen LogP contribution is 2.33. The van der Waals surface area contributed by atoms with Gasteiger partial charge in [-0.15, -0.1) is 23.7 Å². The summed E-state index contributed by atoms with van der Waals surface area (Å²) in [4.78, 5) is 13.3. The minimum absolute atomic E-state index is 0. The van der Waals surface area contributed by atoms with Gasteiger partial charge in [-0.3, -0.25) is 4.79 Å². The van der Waals surface area contributed by atoms with Crippen molar-refractivity contribution in [3.63, 3.8) is 0 Å². The van der Waals surface area contributed by atoms with E-state index in [0.29, 0.717) is 23.4 Å². The van der Waals surface area contributed by atoms with Crippen LogP contribution in [0.3, 0.4) is 0 Å². The summed E-state index contributed by atoms with van der Waals surface area (Å²) in [7, 11) is 1.70. The molecule has 4 nitrogen and oxygen atoms in total. The van der Waals surface area contributed by atoms with E-state index in [1.165, 1.54) is 17.4 Å². The topological polar surface area (TPSA) is 50.4 Å². The van der Waals surface area contributed by atoms with Crippen molar-refractivity contribution in [2.75, 3.05) is 33.4 Å². The molecular weight excluding hydrogens is 363 g/mol. The van der Waals surface area contributed by atoms with E-state index in [9.17, 15) is 9.18 Å². The standard InChI is InChI=1S/C18H23FN2O2S.ClH/c1-12-15-13(19)4-3-5-14(15)24-16(12)17(22)21-10-18(11-23-2)6-8-20-9-7-18;/h3-5,20H,6-11H2,1-2H3,(H,21,22);1H. The third kappa shape index (κ3) is 4.14. The zero-order chi connectivity index (χ0) is 17.2.